The molecule has 2 fully saturated rings. The van der Waals surface area contributed by atoms with Crippen molar-refractivity contribution in [1.82, 2.24) is 20.9 Å². The van der Waals surface area contributed by atoms with E-state index in [1.54, 1.807) is 11.9 Å². The monoisotopic (exact) mass is 282 g/mol. The molecular weight excluding hydrogens is 256 g/mol. The fourth-order valence-electron chi connectivity index (χ4n) is 2.99. The van der Waals surface area contributed by atoms with E-state index in [0.29, 0.717) is 19.1 Å². The summed E-state index contributed by atoms with van der Waals surface area (Å²) in [4.78, 5) is 25.2. The van der Waals surface area contributed by atoms with E-state index in [1.165, 1.54) is 12.8 Å². The molecule has 0 bridgehead atoms. The van der Waals surface area contributed by atoms with Crippen LogP contribution in [0.3, 0.4) is 0 Å². The number of hydrogen-bond acceptors (Lipinski definition) is 2. The van der Waals surface area contributed by atoms with Gasteiger partial charge in [0.25, 0.3) is 0 Å². The zero-order chi connectivity index (χ0) is 14.5. The SMILES string of the molecule is CNC(=O)N[C@@H]1CCN(C(=O)N[C@H]2CC[C@H](C)CC2)C1. The van der Waals surface area contributed by atoms with Crippen LogP contribution in [-0.4, -0.2) is 49.2 Å². The summed E-state index contributed by atoms with van der Waals surface area (Å²) in [6, 6.07) is 0.223. The Balaban J connectivity index is 1.72. The second kappa shape index (κ2) is 6.81. The molecule has 0 aromatic carbocycles. The highest BCUT2D eigenvalue weighted by Crippen LogP contribution is 2.23. The number of nitrogens with one attached hydrogen (secondary N) is 3. The van der Waals surface area contributed by atoms with E-state index in [0.717, 1.165) is 25.2 Å². The van der Waals surface area contributed by atoms with Gasteiger partial charge >= 0.3 is 12.1 Å². The van der Waals surface area contributed by atoms with E-state index in [2.05, 4.69) is 22.9 Å². The van der Waals surface area contributed by atoms with Crippen LogP contribution in [0.5, 0.6) is 0 Å². The van der Waals surface area contributed by atoms with Gasteiger partial charge in [-0.25, -0.2) is 9.59 Å². The maximum Gasteiger partial charge on any atom is 0.317 e. The number of carbonyl (C=O) groups excluding carboxylic acids is 2. The average Bonchev–Trinajstić information content (AvgIpc) is 2.89. The van der Waals surface area contributed by atoms with Crippen LogP contribution in [0.15, 0.2) is 0 Å². The minimum atomic E-state index is -0.182. The number of carbonyl (C=O) groups is 2. The highest BCUT2D eigenvalue weighted by atomic mass is 16.2. The zero-order valence-electron chi connectivity index (χ0n) is 12.4. The first-order valence-corrected chi connectivity index (χ1v) is 7.62. The summed E-state index contributed by atoms with van der Waals surface area (Å²) in [5, 5.41) is 8.52. The first kappa shape index (κ1) is 14.9. The lowest BCUT2D eigenvalue weighted by atomic mass is 9.87. The topological polar surface area (TPSA) is 73.5 Å². The van der Waals surface area contributed by atoms with Crippen molar-refractivity contribution in [3.05, 3.63) is 0 Å². The summed E-state index contributed by atoms with van der Waals surface area (Å²) >= 11 is 0. The number of hydrogen-bond donors (Lipinski definition) is 3. The van der Waals surface area contributed by atoms with Crippen molar-refractivity contribution < 1.29 is 9.59 Å². The maximum atomic E-state index is 12.2. The van der Waals surface area contributed by atoms with Crippen LogP contribution >= 0.6 is 0 Å². The minimum absolute atomic E-state index is 0.0192. The second-order valence-corrected chi connectivity index (χ2v) is 6.06. The van der Waals surface area contributed by atoms with E-state index in [4.69, 9.17) is 0 Å². The van der Waals surface area contributed by atoms with Gasteiger partial charge in [-0.15, -0.1) is 0 Å². The molecule has 1 saturated heterocycles. The van der Waals surface area contributed by atoms with Gasteiger partial charge < -0.3 is 20.9 Å². The molecule has 0 unspecified atom stereocenters. The Hall–Kier alpha value is -1.46. The van der Waals surface area contributed by atoms with E-state index >= 15 is 0 Å². The lowest BCUT2D eigenvalue weighted by Gasteiger charge is -2.29. The third-order valence-corrected chi connectivity index (χ3v) is 4.38. The van der Waals surface area contributed by atoms with Crippen molar-refractivity contribution >= 4 is 12.1 Å². The summed E-state index contributed by atoms with van der Waals surface area (Å²) in [5.74, 6) is 0.788. The average molecular weight is 282 g/mol. The molecule has 2 rings (SSSR count). The van der Waals surface area contributed by atoms with Gasteiger partial charge in [0.1, 0.15) is 0 Å². The second-order valence-electron chi connectivity index (χ2n) is 6.06. The molecular formula is C14H26N4O2. The van der Waals surface area contributed by atoms with Gasteiger partial charge in [-0.05, 0) is 38.0 Å². The molecule has 0 aromatic rings. The Kier molecular flexibility index (Phi) is 5.09. The third-order valence-electron chi connectivity index (χ3n) is 4.38. The van der Waals surface area contributed by atoms with Crippen LogP contribution in [0, 0.1) is 5.92 Å². The standard InChI is InChI=1S/C14H26N4O2/c1-10-3-5-11(6-4-10)17-14(20)18-8-7-12(9-18)16-13(19)15-2/h10-12H,3-9H2,1-2H3,(H,17,20)(H2,15,16,19)/t10-,11-,12-/m1/s1. The van der Waals surface area contributed by atoms with Crippen LogP contribution in [0.2, 0.25) is 0 Å². The molecule has 1 saturated carbocycles. The van der Waals surface area contributed by atoms with Gasteiger partial charge in [-0.2, -0.15) is 0 Å². The quantitative estimate of drug-likeness (QED) is 0.714. The fraction of sp³-hybridized carbons (Fsp3) is 0.857. The van der Waals surface area contributed by atoms with Gasteiger partial charge in [0.05, 0.1) is 0 Å². The highest BCUT2D eigenvalue weighted by molar-refractivity contribution is 5.76. The third kappa shape index (κ3) is 4.02. The van der Waals surface area contributed by atoms with Crippen LogP contribution in [0.25, 0.3) is 0 Å². The first-order valence-electron chi connectivity index (χ1n) is 7.62. The van der Waals surface area contributed by atoms with E-state index in [-0.39, 0.29) is 18.1 Å². The molecule has 1 atom stereocenters. The van der Waals surface area contributed by atoms with Crippen molar-refractivity contribution in [2.45, 2.75) is 51.1 Å². The van der Waals surface area contributed by atoms with Gasteiger partial charge in [-0.1, -0.05) is 6.92 Å². The summed E-state index contributed by atoms with van der Waals surface area (Å²) < 4.78 is 0. The number of amides is 4. The van der Waals surface area contributed by atoms with Crippen LogP contribution < -0.4 is 16.0 Å². The van der Waals surface area contributed by atoms with Gasteiger partial charge in [-0.3, -0.25) is 0 Å². The van der Waals surface area contributed by atoms with Crippen LogP contribution in [0.4, 0.5) is 9.59 Å². The predicted molar refractivity (Wildman–Crippen MR) is 77.5 cm³/mol. The van der Waals surface area contributed by atoms with Crippen LogP contribution in [0.1, 0.15) is 39.0 Å². The summed E-state index contributed by atoms with van der Waals surface area (Å²) in [5.41, 5.74) is 0. The number of nitrogens with zero attached hydrogens (tertiary/aromatic N) is 1. The summed E-state index contributed by atoms with van der Waals surface area (Å²) in [6.45, 7) is 3.58. The van der Waals surface area contributed by atoms with Gasteiger partial charge in [0.15, 0.2) is 0 Å². The van der Waals surface area contributed by atoms with Crippen molar-refractivity contribution in [2.75, 3.05) is 20.1 Å². The smallest absolute Gasteiger partial charge is 0.317 e. The summed E-state index contributed by atoms with van der Waals surface area (Å²) in [6.07, 6.45) is 5.39. The Bertz CT molecular complexity index is 353. The molecule has 1 aliphatic heterocycles. The Morgan fingerprint density at radius 3 is 2.35 bits per heavy atom. The Labute approximate surface area is 120 Å². The van der Waals surface area contributed by atoms with Gasteiger partial charge in [0, 0.05) is 32.2 Å². The maximum absolute atomic E-state index is 12.2. The molecule has 0 aromatic heterocycles. The number of urea groups is 2. The van der Waals surface area contributed by atoms with E-state index < -0.39 is 0 Å². The number of likely N-dealkylation sites (tertiary alicyclic amines) is 1. The molecule has 4 amide bonds. The largest absolute Gasteiger partial charge is 0.341 e. The molecule has 6 nitrogen and oxygen atoms in total. The van der Waals surface area contributed by atoms with Gasteiger partial charge in [0.2, 0.25) is 0 Å². The molecule has 0 spiro atoms. The summed E-state index contributed by atoms with van der Waals surface area (Å²) in [7, 11) is 1.60. The van der Waals surface area contributed by atoms with Crippen LogP contribution in [-0.2, 0) is 0 Å². The molecule has 6 heteroatoms. The molecule has 1 aliphatic carbocycles. The fourth-order valence-corrected chi connectivity index (χ4v) is 2.99. The van der Waals surface area contributed by atoms with Crippen molar-refractivity contribution in [2.24, 2.45) is 5.92 Å². The highest BCUT2D eigenvalue weighted by Gasteiger charge is 2.29. The normalized spacial score (nSPS) is 29.9. The molecule has 1 heterocycles. The molecule has 20 heavy (non-hydrogen) atoms. The molecule has 3 N–H and O–H groups in total. The van der Waals surface area contributed by atoms with Crippen molar-refractivity contribution in [3.63, 3.8) is 0 Å². The van der Waals surface area contributed by atoms with E-state index in [9.17, 15) is 9.59 Å². The number of rotatable bonds is 2. The van der Waals surface area contributed by atoms with Crippen molar-refractivity contribution in [1.29, 1.82) is 0 Å². The van der Waals surface area contributed by atoms with E-state index in [1.807, 2.05) is 0 Å². The van der Waals surface area contributed by atoms with Crippen molar-refractivity contribution in [3.8, 4) is 0 Å². The zero-order valence-corrected chi connectivity index (χ0v) is 12.4. The molecule has 0 radical (unpaired) electrons. The Morgan fingerprint density at radius 1 is 1.00 bits per heavy atom. The minimum Gasteiger partial charge on any atom is -0.341 e. The lowest BCUT2D eigenvalue weighted by molar-refractivity contribution is 0.196. The molecule has 114 valence electrons. The lowest BCUT2D eigenvalue weighted by Crippen LogP contribution is -2.47. The molecule has 2 aliphatic rings. The Morgan fingerprint density at radius 2 is 1.70 bits per heavy atom. The first-order chi connectivity index (χ1) is 9.58. The predicted octanol–water partition coefficient (Wildman–Crippen LogP) is 1.28.